The predicted molar refractivity (Wildman–Crippen MR) is 149 cm³/mol. The second kappa shape index (κ2) is 11.2. The highest BCUT2D eigenvalue weighted by Crippen LogP contribution is 2.33. The molecular weight excluding hydrogens is 460 g/mol. The van der Waals surface area contributed by atoms with Crippen molar-refractivity contribution in [2.75, 3.05) is 29.4 Å². The number of anilines is 2. The highest BCUT2D eigenvalue weighted by atomic mass is 15.4. The molecule has 196 valence electrons. The first-order valence-corrected chi connectivity index (χ1v) is 14.3. The number of piperidine rings is 1. The van der Waals surface area contributed by atoms with Crippen LogP contribution in [0.25, 0.3) is 11.3 Å². The van der Waals surface area contributed by atoms with Crippen molar-refractivity contribution in [2.45, 2.75) is 83.0 Å². The van der Waals surface area contributed by atoms with Crippen molar-refractivity contribution in [2.24, 2.45) is 5.73 Å². The maximum Gasteiger partial charge on any atom is 0.228 e. The van der Waals surface area contributed by atoms with E-state index in [1.54, 1.807) is 0 Å². The van der Waals surface area contributed by atoms with Crippen LogP contribution in [0.15, 0.2) is 36.5 Å². The molecule has 1 aliphatic carbocycles. The Kier molecular flexibility index (Phi) is 7.37. The Bertz CT molecular complexity index is 1170. The number of nitrogens with one attached hydrogen (secondary N) is 2. The van der Waals surface area contributed by atoms with E-state index in [1.165, 1.54) is 55.6 Å². The van der Waals surface area contributed by atoms with Crippen LogP contribution in [0.1, 0.15) is 68.2 Å². The van der Waals surface area contributed by atoms with Gasteiger partial charge in [0, 0.05) is 43.3 Å². The number of aromatic nitrogens is 4. The van der Waals surface area contributed by atoms with Crippen molar-refractivity contribution >= 4 is 11.8 Å². The van der Waals surface area contributed by atoms with Crippen LogP contribution in [0.3, 0.4) is 0 Å². The quantitative estimate of drug-likeness (QED) is 0.467. The van der Waals surface area contributed by atoms with E-state index in [0.29, 0.717) is 6.54 Å². The van der Waals surface area contributed by atoms with Crippen molar-refractivity contribution in [3.8, 4) is 11.3 Å². The van der Waals surface area contributed by atoms with Gasteiger partial charge in [-0.15, -0.1) is 0 Å². The Labute approximate surface area is 220 Å². The molecule has 2 atom stereocenters. The molecule has 0 spiro atoms. The number of aromatic amines is 1. The molecule has 0 saturated carbocycles. The Morgan fingerprint density at radius 2 is 1.73 bits per heavy atom. The summed E-state index contributed by atoms with van der Waals surface area (Å²) in [7, 11) is 0. The summed E-state index contributed by atoms with van der Waals surface area (Å²) in [5, 5.41) is 11.3. The second-order valence-corrected chi connectivity index (χ2v) is 10.8. The number of rotatable bonds is 6. The maximum atomic E-state index is 6.74. The maximum absolute atomic E-state index is 6.74. The van der Waals surface area contributed by atoms with Gasteiger partial charge in [0.25, 0.3) is 0 Å². The molecule has 2 unspecified atom stereocenters. The number of hydrogen-bond donors (Lipinski definition) is 3. The molecule has 2 aliphatic heterocycles. The van der Waals surface area contributed by atoms with E-state index >= 15 is 0 Å². The number of fused-ring (bicyclic) bond motifs is 1. The molecule has 4 N–H and O–H groups in total. The first-order chi connectivity index (χ1) is 18.3. The SMILES string of the molecule is NC1CCCN(c2nc3c(c(N4CCCCCC4)n2)CCCC3)C1NCc1cn[nH]c1-c1ccccc1. The van der Waals surface area contributed by atoms with Gasteiger partial charge in [-0.05, 0) is 56.9 Å². The Morgan fingerprint density at radius 3 is 2.57 bits per heavy atom. The zero-order chi connectivity index (χ0) is 25.0. The van der Waals surface area contributed by atoms with Crippen molar-refractivity contribution in [3.05, 3.63) is 53.3 Å². The largest absolute Gasteiger partial charge is 0.356 e. The van der Waals surface area contributed by atoms with Gasteiger partial charge >= 0.3 is 0 Å². The fourth-order valence-electron chi connectivity index (χ4n) is 6.26. The molecule has 1 aromatic carbocycles. The summed E-state index contributed by atoms with van der Waals surface area (Å²) < 4.78 is 0. The molecule has 8 nitrogen and oxygen atoms in total. The number of nitrogens with zero attached hydrogens (tertiary/aromatic N) is 5. The molecule has 4 heterocycles. The summed E-state index contributed by atoms with van der Waals surface area (Å²) in [6.45, 7) is 3.81. The lowest BCUT2D eigenvalue weighted by atomic mass is 9.96. The lowest BCUT2D eigenvalue weighted by Crippen LogP contribution is -2.60. The fraction of sp³-hybridized carbons (Fsp3) is 0.552. The first-order valence-electron chi connectivity index (χ1n) is 14.3. The number of aryl methyl sites for hydroxylation is 1. The van der Waals surface area contributed by atoms with Crippen LogP contribution >= 0.6 is 0 Å². The number of benzene rings is 1. The molecule has 0 bridgehead atoms. The molecule has 8 heteroatoms. The Morgan fingerprint density at radius 1 is 0.919 bits per heavy atom. The fourth-order valence-corrected chi connectivity index (χ4v) is 6.26. The average molecular weight is 501 g/mol. The van der Waals surface area contributed by atoms with E-state index in [4.69, 9.17) is 15.7 Å². The van der Waals surface area contributed by atoms with E-state index < -0.39 is 0 Å². The van der Waals surface area contributed by atoms with Gasteiger partial charge in [0.2, 0.25) is 5.95 Å². The van der Waals surface area contributed by atoms with Gasteiger partial charge < -0.3 is 15.5 Å². The highest BCUT2D eigenvalue weighted by molar-refractivity contribution is 5.62. The van der Waals surface area contributed by atoms with Crippen molar-refractivity contribution in [1.82, 2.24) is 25.5 Å². The molecule has 2 aromatic heterocycles. The van der Waals surface area contributed by atoms with Gasteiger partial charge in [-0.2, -0.15) is 10.1 Å². The van der Waals surface area contributed by atoms with Gasteiger partial charge in [0.05, 0.1) is 23.8 Å². The Hall–Kier alpha value is -2.97. The lowest BCUT2D eigenvalue weighted by molar-refractivity contribution is 0.341. The lowest BCUT2D eigenvalue weighted by Gasteiger charge is -2.41. The summed E-state index contributed by atoms with van der Waals surface area (Å²) in [6, 6.07) is 10.4. The van der Waals surface area contributed by atoms with Crippen LogP contribution in [0.4, 0.5) is 11.8 Å². The van der Waals surface area contributed by atoms with E-state index in [1.807, 2.05) is 12.3 Å². The third-order valence-corrected chi connectivity index (χ3v) is 8.27. The van der Waals surface area contributed by atoms with Crippen molar-refractivity contribution in [1.29, 1.82) is 0 Å². The summed E-state index contributed by atoms with van der Waals surface area (Å²) in [5.74, 6) is 2.05. The van der Waals surface area contributed by atoms with Crippen LogP contribution in [0.5, 0.6) is 0 Å². The minimum Gasteiger partial charge on any atom is -0.356 e. The minimum absolute atomic E-state index is 0.0158. The van der Waals surface area contributed by atoms with Gasteiger partial charge in [0.1, 0.15) is 5.82 Å². The summed E-state index contributed by atoms with van der Waals surface area (Å²) in [6.07, 6.45) is 13.7. The second-order valence-electron chi connectivity index (χ2n) is 10.8. The van der Waals surface area contributed by atoms with Crippen LogP contribution in [-0.4, -0.2) is 52.0 Å². The van der Waals surface area contributed by atoms with Gasteiger partial charge in [-0.1, -0.05) is 43.2 Å². The van der Waals surface area contributed by atoms with Crippen molar-refractivity contribution < 1.29 is 0 Å². The van der Waals surface area contributed by atoms with Crippen LogP contribution < -0.4 is 20.9 Å². The van der Waals surface area contributed by atoms with Gasteiger partial charge in [0.15, 0.2) is 0 Å². The molecule has 3 aliphatic rings. The van der Waals surface area contributed by atoms with E-state index in [2.05, 4.69) is 49.6 Å². The standard InChI is InChI=1S/C29H40N8/c30-24-14-10-18-37(28(24)31-19-22-20-32-35-26(22)21-11-4-3-5-12-21)29-33-25-15-7-6-13-23(25)27(34-29)36-16-8-1-2-9-17-36/h3-5,11-12,20,24,28,31H,1-2,6-10,13-19,30H2,(H,32,35). The average Bonchev–Trinajstić information content (AvgIpc) is 3.25. The highest BCUT2D eigenvalue weighted by Gasteiger charge is 2.33. The molecule has 0 amide bonds. The van der Waals surface area contributed by atoms with Crippen LogP contribution in [0.2, 0.25) is 0 Å². The topological polar surface area (TPSA) is 99.0 Å². The van der Waals surface area contributed by atoms with E-state index in [0.717, 1.165) is 68.1 Å². The number of nitrogens with two attached hydrogens (primary N) is 1. The summed E-state index contributed by atoms with van der Waals surface area (Å²) >= 11 is 0. The van der Waals surface area contributed by atoms with E-state index in [-0.39, 0.29) is 12.2 Å². The molecule has 6 rings (SSSR count). The smallest absolute Gasteiger partial charge is 0.228 e. The molecule has 3 aromatic rings. The molecular formula is C29H40N8. The monoisotopic (exact) mass is 500 g/mol. The van der Waals surface area contributed by atoms with Gasteiger partial charge in [-0.3, -0.25) is 10.4 Å². The zero-order valence-corrected chi connectivity index (χ0v) is 21.8. The van der Waals surface area contributed by atoms with Crippen LogP contribution in [0, 0.1) is 0 Å². The summed E-state index contributed by atoms with van der Waals surface area (Å²) in [5.41, 5.74) is 12.7. The molecule has 2 fully saturated rings. The number of H-pyrrole nitrogens is 1. The predicted octanol–water partition coefficient (Wildman–Crippen LogP) is 4.17. The first kappa shape index (κ1) is 24.4. The van der Waals surface area contributed by atoms with Gasteiger partial charge in [-0.25, -0.2) is 4.98 Å². The number of hydrogen-bond acceptors (Lipinski definition) is 7. The van der Waals surface area contributed by atoms with E-state index in [9.17, 15) is 0 Å². The third kappa shape index (κ3) is 5.22. The molecule has 0 radical (unpaired) electrons. The zero-order valence-electron chi connectivity index (χ0n) is 21.8. The normalized spacial score (nSPS) is 22.5. The minimum atomic E-state index is -0.0223. The summed E-state index contributed by atoms with van der Waals surface area (Å²) in [4.78, 5) is 15.4. The molecule has 2 saturated heterocycles. The Balaban J connectivity index is 1.28. The van der Waals surface area contributed by atoms with Crippen molar-refractivity contribution in [3.63, 3.8) is 0 Å². The van der Waals surface area contributed by atoms with Crippen LogP contribution in [-0.2, 0) is 19.4 Å². The molecule has 37 heavy (non-hydrogen) atoms. The third-order valence-electron chi connectivity index (χ3n) is 8.27.